The lowest BCUT2D eigenvalue weighted by atomic mass is 10.0. The molecule has 22 heavy (non-hydrogen) atoms. The second-order valence-corrected chi connectivity index (χ2v) is 6.21. The van der Waals surface area contributed by atoms with Crippen LogP contribution in [-0.4, -0.2) is 32.8 Å². The first-order chi connectivity index (χ1) is 10.7. The molecule has 6 heteroatoms. The number of hydrogen-bond donors (Lipinski definition) is 1. The van der Waals surface area contributed by atoms with Crippen molar-refractivity contribution in [2.24, 2.45) is 0 Å². The molecule has 1 saturated heterocycles. The number of halogens is 1. The number of likely N-dealkylation sites (tertiary alicyclic amines) is 1. The van der Waals surface area contributed by atoms with Gasteiger partial charge in [-0.3, -0.25) is 4.90 Å². The molecule has 0 radical (unpaired) electrons. The molecule has 2 heterocycles. The number of aliphatic hydroxyl groups excluding tert-OH is 1. The molecule has 2 fully saturated rings. The predicted octanol–water partition coefficient (Wildman–Crippen LogP) is 2.39. The fourth-order valence-electron chi connectivity index (χ4n) is 3.10. The van der Waals surface area contributed by atoms with Crippen molar-refractivity contribution in [3.63, 3.8) is 0 Å². The molecular weight excluding hydrogens is 285 g/mol. The van der Waals surface area contributed by atoms with Crippen molar-refractivity contribution in [2.45, 2.75) is 43.9 Å². The summed E-state index contributed by atoms with van der Waals surface area (Å²) in [5.41, 5.74) is 1.000. The summed E-state index contributed by atoms with van der Waals surface area (Å²) in [6.45, 7) is 1.07. The Kier molecular flexibility index (Phi) is 3.43. The molecule has 2 unspecified atom stereocenters. The minimum Gasteiger partial charge on any atom is -0.392 e. The van der Waals surface area contributed by atoms with E-state index in [9.17, 15) is 9.50 Å². The lowest BCUT2D eigenvalue weighted by molar-refractivity contribution is 0.164. The van der Waals surface area contributed by atoms with Crippen LogP contribution in [0.2, 0.25) is 0 Å². The molecule has 1 N–H and O–H groups in total. The molecule has 2 aliphatic rings. The van der Waals surface area contributed by atoms with E-state index in [0.29, 0.717) is 31.3 Å². The van der Waals surface area contributed by atoms with Gasteiger partial charge in [0, 0.05) is 18.5 Å². The van der Waals surface area contributed by atoms with Crippen molar-refractivity contribution in [3.8, 4) is 0 Å². The number of hydrogen-bond acceptors (Lipinski definition) is 5. The largest absolute Gasteiger partial charge is 0.392 e. The van der Waals surface area contributed by atoms with Gasteiger partial charge in [0.1, 0.15) is 5.82 Å². The summed E-state index contributed by atoms with van der Waals surface area (Å²) in [6, 6.07) is 6.50. The highest BCUT2D eigenvalue weighted by atomic mass is 19.1. The number of aliphatic hydroxyl groups is 1. The van der Waals surface area contributed by atoms with Crippen molar-refractivity contribution < 1.29 is 14.0 Å². The van der Waals surface area contributed by atoms with Crippen LogP contribution in [0, 0.1) is 5.82 Å². The molecule has 1 aromatic carbocycles. The SMILES string of the molecule is OC1CC(c2ccc(F)cc2)N(Cc2nc(C3CC3)no2)C1. The first kappa shape index (κ1) is 13.8. The molecule has 2 aromatic rings. The maximum absolute atomic E-state index is 13.1. The third-order valence-corrected chi connectivity index (χ3v) is 4.40. The summed E-state index contributed by atoms with van der Waals surface area (Å²) in [5, 5.41) is 14.0. The van der Waals surface area contributed by atoms with Gasteiger partial charge in [-0.15, -0.1) is 0 Å². The molecule has 0 spiro atoms. The molecular formula is C16H18FN3O2. The molecule has 4 rings (SSSR count). The second kappa shape index (κ2) is 5.44. The molecule has 2 atom stereocenters. The van der Waals surface area contributed by atoms with E-state index in [-0.39, 0.29) is 18.0 Å². The standard InChI is InChI=1S/C16H18FN3O2/c17-12-5-3-10(4-6-12)14-7-13(21)8-20(14)9-15-18-16(19-22-15)11-1-2-11/h3-6,11,13-14,21H,1-2,7-9H2. The minimum absolute atomic E-state index is 0.0480. The predicted molar refractivity (Wildman–Crippen MR) is 76.4 cm³/mol. The van der Waals surface area contributed by atoms with Crippen LogP contribution in [0.25, 0.3) is 0 Å². The van der Waals surface area contributed by atoms with Crippen LogP contribution < -0.4 is 0 Å². The van der Waals surface area contributed by atoms with Gasteiger partial charge in [-0.1, -0.05) is 17.3 Å². The van der Waals surface area contributed by atoms with Crippen LogP contribution in [0.1, 0.15) is 48.5 Å². The molecule has 0 bridgehead atoms. The summed E-state index contributed by atoms with van der Waals surface area (Å²) in [4.78, 5) is 6.56. The van der Waals surface area contributed by atoms with Gasteiger partial charge in [0.25, 0.3) is 0 Å². The van der Waals surface area contributed by atoms with Gasteiger partial charge in [0.15, 0.2) is 5.82 Å². The highest BCUT2D eigenvalue weighted by Crippen LogP contribution is 2.38. The second-order valence-electron chi connectivity index (χ2n) is 6.21. The van der Waals surface area contributed by atoms with Crippen LogP contribution in [-0.2, 0) is 6.54 Å². The van der Waals surface area contributed by atoms with E-state index in [1.165, 1.54) is 12.1 Å². The Hall–Kier alpha value is -1.79. The first-order valence-corrected chi connectivity index (χ1v) is 7.69. The average Bonchev–Trinajstić information content (AvgIpc) is 3.15. The number of aromatic nitrogens is 2. The highest BCUT2D eigenvalue weighted by Gasteiger charge is 2.34. The zero-order valence-corrected chi connectivity index (χ0v) is 12.2. The summed E-state index contributed by atoms with van der Waals surface area (Å²) >= 11 is 0. The monoisotopic (exact) mass is 303 g/mol. The van der Waals surface area contributed by atoms with Gasteiger partial charge in [0.2, 0.25) is 5.89 Å². The van der Waals surface area contributed by atoms with Crippen LogP contribution in [0.15, 0.2) is 28.8 Å². The molecule has 1 aliphatic heterocycles. The van der Waals surface area contributed by atoms with Crippen LogP contribution in [0.4, 0.5) is 4.39 Å². The zero-order valence-electron chi connectivity index (χ0n) is 12.2. The molecule has 5 nitrogen and oxygen atoms in total. The summed E-state index contributed by atoms with van der Waals surface area (Å²) in [5.74, 6) is 1.60. The Morgan fingerprint density at radius 3 is 2.77 bits per heavy atom. The number of benzene rings is 1. The van der Waals surface area contributed by atoms with E-state index < -0.39 is 0 Å². The van der Waals surface area contributed by atoms with Crippen molar-refractivity contribution in [1.82, 2.24) is 15.0 Å². The lowest BCUT2D eigenvalue weighted by Gasteiger charge is -2.22. The quantitative estimate of drug-likeness (QED) is 0.939. The molecule has 1 aliphatic carbocycles. The van der Waals surface area contributed by atoms with Crippen molar-refractivity contribution in [2.75, 3.05) is 6.54 Å². The Labute approximate surface area is 127 Å². The Bertz CT molecular complexity index is 654. The Morgan fingerprint density at radius 2 is 2.05 bits per heavy atom. The maximum Gasteiger partial charge on any atom is 0.240 e. The number of rotatable bonds is 4. The smallest absolute Gasteiger partial charge is 0.240 e. The van der Waals surface area contributed by atoms with Gasteiger partial charge >= 0.3 is 0 Å². The Morgan fingerprint density at radius 1 is 1.27 bits per heavy atom. The fourth-order valence-corrected chi connectivity index (χ4v) is 3.10. The molecule has 0 amide bonds. The van der Waals surface area contributed by atoms with Gasteiger partial charge in [-0.25, -0.2) is 4.39 Å². The normalized spacial score (nSPS) is 25.7. The highest BCUT2D eigenvalue weighted by molar-refractivity contribution is 5.21. The maximum atomic E-state index is 13.1. The summed E-state index contributed by atoms with van der Waals surface area (Å²) in [6.07, 6.45) is 2.52. The molecule has 1 aromatic heterocycles. The number of nitrogens with zero attached hydrogens (tertiary/aromatic N) is 3. The summed E-state index contributed by atoms with van der Waals surface area (Å²) < 4.78 is 18.4. The van der Waals surface area contributed by atoms with E-state index in [0.717, 1.165) is 24.2 Å². The third-order valence-electron chi connectivity index (χ3n) is 4.40. The Balaban J connectivity index is 1.51. The summed E-state index contributed by atoms with van der Waals surface area (Å²) in [7, 11) is 0. The minimum atomic E-state index is -0.388. The van der Waals surface area contributed by atoms with E-state index in [4.69, 9.17) is 4.52 Å². The van der Waals surface area contributed by atoms with Gasteiger partial charge in [0.05, 0.1) is 12.6 Å². The van der Waals surface area contributed by atoms with Gasteiger partial charge in [-0.2, -0.15) is 4.98 Å². The number of β-amino-alcohol motifs (C(OH)–C–C–N with tert-alkyl or cyclic N) is 1. The molecule has 116 valence electrons. The van der Waals surface area contributed by atoms with Crippen molar-refractivity contribution >= 4 is 0 Å². The van der Waals surface area contributed by atoms with Crippen LogP contribution >= 0.6 is 0 Å². The van der Waals surface area contributed by atoms with Gasteiger partial charge in [-0.05, 0) is 37.0 Å². The topological polar surface area (TPSA) is 62.4 Å². The van der Waals surface area contributed by atoms with Crippen molar-refractivity contribution in [1.29, 1.82) is 0 Å². The average molecular weight is 303 g/mol. The van der Waals surface area contributed by atoms with Crippen molar-refractivity contribution in [3.05, 3.63) is 47.4 Å². The van der Waals surface area contributed by atoms with Crippen LogP contribution in [0.5, 0.6) is 0 Å². The van der Waals surface area contributed by atoms with E-state index >= 15 is 0 Å². The molecule has 1 saturated carbocycles. The van der Waals surface area contributed by atoms with E-state index in [2.05, 4.69) is 15.0 Å². The zero-order chi connectivity index (χ0) is 15.1. The third kappa shape index (κ3) is 2.76. The fraction of sp³-hybridized carbons (Fsp3) is 0.500. The van der Waals surface area contributed by atoms with E-state index in [1.807, 2.05) is 0 Å². The first-order valence-electron chi connectivity index (χ1n) is 7.69. The van der Waals surface area contributed by atoms with Gasteiger partial charge < -0.3 is 9.63 Å². The van der Waals surface area contributed by atoms with E-state index in [1.54, 1.807) is 12.1 Å². The van der Waals surface area contributed by atoms with Crippen LogP contribution in [0.3, 0.4) is 0 Å². The lowest BCUT2D eigenvalue weighted by Crippen LogP contribution is -2.24.